The van der Waals surface area contributed by atoms with Crippen LogP contribution in [0, 0.1) is 5.92 Å². The molecule has 2 fully saturated rings. The maximum absolute atomic E-state index is 13.3. The van der Waals surface area contributed by atoms with Gasteiger partial charge in [-0.3, -0.25) is 14.6 Å². The number of thiophene rings is 1. The molecule has 1 aliphatic heterocycles. The van der Waals surface area contributed by atoms with Crippen LogP contribution in [0.1, 0.15) is 54.0 Å². The lowest BCUT2D eigenvalue weighted by atomic mass is 9.94. The summed E-state index contributed by atoms with van der Waals surface area (Å²) in [7, 11) is 0. The van der Waals surface area contributed by atoms with Crippen LogP contribution in [-0.4, -0.2) is 45.7 Å². The second kappa shape index (κ2) is 7.80. The molecule has 2 amide bonds. The lowest BCUT2D eigenvalue weighted by Gasteiger charge is -2.36. The SMILES string of the molecule is CC(c1ccccn1)N(C(=O)C1CCN(C(=O)c2cccs2)CC1)C1CC1. The molecule has 5 nitrogen and oxygen atoms in total. The van der Waals surface area contributed by atoms with E-state index in [4.69, 9.17) is 0 Å². The number of rotatable bonds is 5. The third-order valence-electron chi connectivity index (χ3n) is 5.59. The van der Waals surface area contributed by atoms with Gasteiger partial charge in [-0.15, -0.1) is 11.3 Å². The zero-order valence-electron chi connectivity index (χ0n) is 15.6. The number of nitrogens with zero attached hydrogens (tertiary/aromatic N) is 3. The van der Waals surface area contributed by atoms with Gasteiger partial charge < -0.3 is 9.80 Å². The van der Waals surface area contributed by atoms with Crippen molar-refractivity contribution in [3.63, 3.8) is 0 Å². The summed E-state index contributed by atoms with van der Waals surface area (Å²) in [4.78, 5) is 35.0. The number of aromatic nitrogens is 1. The lowest BCUT2D eigenvalue weighted by molar-refractivity contribution is -0.140. The van der Waals surface area contributed by atoms with Crippen molar-refractivity contribution in [1.29, 1.82) is 0 Å². The Labute approximate surface area is 164 Å². The Morgan fingerprint density at radius 1 is 1.15 bits per heavy atom. The molecule has 1 unspecified atom stereocenters. The monoisotopic (exact) mass is 383 g/mol. The van der Waals surface area contributed by atoms with Crippen LogP contribution >= 0.6 is 11.3 Å². The molecule has 2 aromatic heterocycles. The van der Waals surface area contributed by atoms with E-state index in [1.807, 2.05) is 40.6 Å². The van der Waals surface area contributed by atoms with Crippen LogP contribution in [0.2, 0.25) is 0 Å². The summed E-state index contributed by atoms with van der Waals surface area (Å²) in [6.45, 7) is 3.39. The number of pyridine rings is 1. The fraction of sp³-hybridized carbons (Fsp3) is 0.476. The quantitative estimate of drug-likeness (QED) is 0.790. The van der Waals surface area contributed by atoms with Gasteiger partial charge in [-0.05, 0) is 56.2 Å². The number of carbonyl (C=O) groups is 2. The van der Waals surface area contributed by atoms with Crippen LogP contribution in [0.3, 0.4) is 0 Å². The van der Waals surface area contributed by atoms with Crippen LogP contribution in [0.4, 0.5) is 0 Å². The summed E-state index contributed by atoms with van der Waals surface area (Å²) in [5.74, 6) is 0.333. The van der Waals surface area contributed by atoms with E-state index in [9.17, 15) is 9.59 Å². The average molecular weight is 384 g/mol. The van der Waals surface area contributed by atoms with E-state index < -0.39 is 0 Å². The third-order valence-corrected chi connectivity index (χ3v) is 6.45. The Morgan fingerprint density at radius 3 is 2.52 bits per heavy atom. The maximum atomic E-state index is 13.3. The summed E-state index contributed by atoms with van der Waals surface area (Å²) in [5.41, 5.74) is 0.947. The molecule has 142 valence electrons. The smallest absolute Gasteiger partial charge is 0.263 e. The minimum absolute atomic E-state index is 0.00280. The number of amides is 2. The first kappa shape index (κ1) is 18.2. The van der Waals surface area contributed by atoms with Crippen molar-refractivity contribution in [2.75, 3.05) is 13.1 Å². The Hall–Kier alpha value is -2.21. The largest absolute Gasteiger partial charge is 0.338 e. The van der Waals surface area contributed by atoms with Crippen molar-refractivity contribution >= 4 is 23.2 Å². The van der Waals surface area contributed by atoms with Crippen LogP contribution in [0.25, 0.3) is 0 Å². The summed E-state index contributed by atoms with van der Waals surface area (Å²) >= 11 is 1.48. The highest BCUT2D eigenvalue weighted by atomic mass is 32.1. The fourth-order valence-electron chi connectivity index (χ4n) is 3.90. The van der Waals surface area contributed by atoms with Crippen molar-refractivity contribution in [3.05, 3.63) is 52.5 Å². The van der Waals surface area contributed by atoms with E-state index in [1.54, 1.807) is 6.20 Å². The second-order valence-corrected chi connectivity index (χ2v) is 8.40. The number of hydrogen-bond donors (Lipinski definition) is 0. The minimum atomic E-state index is -0.00280. The lowest BCUT2D eigenvalue weighted by Crippen LogP contribution is -2.45. The van der Waals surface area contributed by atoms with Gasteiger partial charge in [0, 0.05) is 31.2 Å². The van der Waals surface area contributed by atoms with Crippen LogP contribution < -0.4 is 0 Å². The molecule has 0 spiro atoms. The van der Waals surface area contributed by atoms with E-state index in [0.717, 1.165) is 36.3 Å². The van der Waals surface area contributed by atoms with E-state index in [-0.39, 0.29) is 23.8 Å². The molecule has 1 atom stereocenters. The average Bonchev–Trinajstić information content (AvgIpc) is 3.39. The topological polar surface area (TPSA) is 53.5 Å². The first-order valence-corrected chi connectivity index (χ1v) is 10.6. The predicted octanol–water partition coefficient (Wildman–Crippen LogP) is 3.75. The standard InChI is InChI=1S/C21H25N3O2S/c1-15(18-5-2-3-11-22-18)24(17-7-8-17)20(25)16-9-12-23(13-10-16)21(26)19-6-4-14-27-19/h2-6,11,14-17H,7-10,12-13H2,1H3. The van der Waals surface area contributed by atoms with Crippen molar-refractivity contribution in [2.45, 2.75) is 44.7 Å². The molecular formula is C21H25N3O2S. The molecule has 0 aromatic carbocycles. The summed E-state index contributed by atoms with van der Waals surface area (Å²) < 4.78 is 0. The van der Waals surface area contributed by atoms with E-state index >= 15 is 0 Å². The number of likely N-dealkylation sites (tertiary alicyclic amines) is 1. The van der Waals surface area contributed by atoms with Crippen molar-refractivity contribution < 1.29 is 9.59 Å². The molecule has 6 heteroatoms. The van der Waals surface area contributed by atoms with E-state index in [1.165, 1.54) is 11.3 Å². The molecule has 1 saturated carbocycles. The third kappa shape index (κ3) is 3.90. The molecule has 27 heavy (non-hydrogen) atoms. The van der Waals surface area contributed by atoms with Gasteiger partial charge in [0.2, 0.25) is 5.91 Å². The van der Waals surface area contributed by atoms with Crippen LogP contribution in [0.5, 0.6) is 0 Å². The molecule has 2 aliphatic rings. The molecule has 3 heterocycles. The van der Waals surface area contributed by atoms with Crippen LogP contribution in [-0.2, 0) is 4.79 Å². The molecule has 1 saturated heterocycles. The van der Waals surface area contributed by atoms with Gasteiger partial charge >= 0.3 is 0 Å². The molecule has 0 N–H and O–H groups in total. The zero-order chi connectivity index (χ0) is 18.8. The maximum Gasteiger partial charge on any atom is 0.263 e. The number of piperidine rings is 1. The molecule has 0 bridgehead atoms. The highest BCUT2D eigenvalue weighted by molar-refractivity contribution is 7.12. The molecule has 2 aromatic rings. The minimum Gasteiger partial charge on any atom is -0.338 e. The Balaban J connectivity index is 1.41. The highest BCUT2D eigenvalue weighted by Crippen LogP contribution is 2.36. The molecule has 1 aliphatic carbocycles. The Morgan fingerprint density at radius 2 is 1.93 bits per heavy atom. The first-order chi connectivity index (χ1) is 13.1. The van der Waals surface area contributed by atoms with Gasteiger partial charge in [0.1, 0.15) is 0 Å². The van der Waals surface area contributed by atoms with E-state index in [2.05, 4.69) is 16.8 Å². The van der Waals surface area contributed by atoms with Gasteiger partial charge in [-0.25, -0.2) is 0 Å². The Kier molecular flexibility index (Phi) is 5.25. The summed E-state index contributed by atoms with van der Waals surface area (Å²) in [6.07, 6.45) is 5.44. The number of carbonyl (C=O) groups excluding carboxylic acids is 2. The van der Waals surface area contributed by atoms with Crippen molar-refractivity contribution in [1.82, 2.24) is 14.8 Å². The van der Waals surface area contributed by atoms with Gasteiger partial charge in [0.25, 0.3) is 5.91 Å². The highest BCUT2D eigenvalue weighted by Gasteiger charge is 2.40. The van der Waals surface area contributed by atoms with Gasteiger partial charge in [0.15, 0.2) is 0 Å². The van der Waals surface area contributed by atoms with Gasteiger partial charge in [-0.1, -0.05) is 12.1 Å². The second-order valence-electron chi connectivity index (χ2n) is 7.45. The predicted molar refractivity (Wildman–Crippen MR) is 105 cm³/mol. The summed E-state index contributed by atoms with van der Waals surface area (Å²) in [6, 6.07) is 9.99. The van der Waals surface area contributed by atoms with Gasteiger partial charge in [0.05, 0.1) is 16.6 Å². The van der Waals surface area contributed by atoms with E-state index in [0.29, 0.717) is 19.1 Å². The molecular weight excluding hydrogens is 358 g/mol. The zero-order valence-corrected chi connectivity index (χ0v) is 16.4. The molecule has 4 rings (SSSR count). The van der Waals surface area contributed by atoms with Crippen LogP contribution in [0.15, 0.2) is 41.9 Å². The first-order valence-electron chi connectivity index (χ1n) is 9.71. The van der Waals surface area contributed by atoms with Gasteiger partial charge in [-0.2, -0.15) is 0 Å². The van der Waals surface area contributed by atoms with Crippen molar-refractivity contribution in [2.24, 2.45) is 5.92 Å². The fourth-order valence-corrected chi connectivity index (χ4v) is 4.59. The normalized spacial score (nSPS) is 18.9. The molecule has 0 radical (unpaired) electrons. The van der Waals surface area contributed by atoms with Crippen molar-refractivity contribution in [3.8, 4) is 0 Å². The Bertz CT molecular complexity index is 781. The summed E-state index contributed by atoms with van der Waals surface area (Å²) in [5, 5.41) is 1.93. The number of hydrogen-bond acceptors (Lipinski definition) is 4.